The van der Waals surface area contributed by atoms with Gasteiger partial charge in [0.2, 0.25) is 10.0 Å². The van der Waals surface area contributed by atoms with Gasteiger partial charge in [-0.05, 0) is 69.9 Å². The molecule has 1 heterocycles. The van der Waals surface area contributed by atoms with E-state index in [9.17, 15) is 18.0 Å². The third-order valence-electron chi connectivity index (χ3n) is 5.43. The van der Waals surface area contributed by atoms with Gasteiger partial charge in [0.15, 0.2) is 6.10 Å². The van der Waals surface area contributed by atoms with Gasteiger partial charge in [-0.2, -0.15) is 4.31 Å². The average Bonchev–Trinajstić information content (AvgIpc) is 3.26. The Morgan fingerprint density at radius 2 is 1.66 bits per heavy atom. The van der Waals surface area contributed by atoms with Crippen molar-refractivity contribution < 1.29 is 22.7 Å². The number of sulfonamides is 1. The van der Waals surface area contributed by atoms with E-state index in [1.54, 1.807) is 0 Å². The quantitative estimate of drug-likeness (QED) is 0.627. The maximum atomic E-state index is 12.9. The van der Waals surface area contributed by atoms with E-state index >= 15 is 0 Å². The smallest absolute Gasteiger partial charge is 0.338 e. The number of hydrogen-bond donors (Lipinski definition) is 1. The first-order valence-electron chi connectivity index (χ1n) is 10.4. The van der Waals surface area contributed by atoms with E-state index in [2.05, 4.69) is 5.32 Å². The topological polar surface area (TPSA) is 92.8 Å². The van der Waals surface area contributed by atoms with Gasteiger partial charge >= 0.3 is 5.97 Å². The molecular weight excluding hydrogens is 452 g/mol. The van der Waals surface area contributed by atoms with Crippen LogP contribution in [0.2, 0.25) is 5.02 Å². The van der Waals surface area contributed by atoms with E-state index in [4.69, 9.17) is 16.3 Å². The zero-order valence-corrected chi connectivity index (χ0v) is 20.1. The first kappa shape index (κ1) is 24.2. The van der Waals surface area contributed by atoms with Crippen LogP contribution in [0.15, 0.2) is 35.2 Å². The number of carbonyl (C=O) groups excluding carboxylic acids is 2. The maximum Gasteiger partial charge on any atom is 0.338 e. The van der Waals surface area contributed by atoms with Gasteiger partial charge < -0.3 is 10.1 Å². The van der Waals surface area contributed by atoms with Gasteiger partial charge in [0.05, 0.1) is 10.6 Å². The number of esters is 1. The highest BCUT2D eigenvalue weighted by Gasteiger charge is 2.30. The first-order valence-corrected chi connectivity index (χ1v) is 12.2. The lowest BCUT2D eigenvalue weighted by Gasteiger charge is -2.18. The number of hydrogen-bond acceptors (Lipinski definition) is 5. The van der Waals surface area contributed by atoms with Crippen LogP contribution in [0.4, 0.5) is 5.69 Å². The Hall–Kier alpha value is -2.42. The molecule has 0 saturated carbocycles. The van der Waals surface area contributed by atoms with Crippen molar-refractivity contribution in [3.05, 3.63) is 57.6 Å². The number of carbonyl (C=O) groups is 2. The van der Waals surface area contributed by atoms with E-state index in [0.29, 0.717) is 18.8 Å². The molecule has 2 aromatic rings. The Labute approximate surface area is 193 Å². The number of ether oxygens (including phenoxy) is 1. The van der Waals surface area contributed by atoms with Crippen LogP contribution in [0.25, 0.3) is 0 Å². The number of halogens is 1. The summed E-state index contributed by atoms with van der Waals surface area (Å²) >= 11 is 6.13. The summed E-state index contributed by atoms with van der Waals surface area (Å²) in [6.45, 7) is 8.06. The predicted molar refractivity (Wildman–Crippen MR) is 124 cm³/mol. The molecule has 0 spiro atoms. The van der Waals surface area contributed by atoms with E-state index in [1.165, 1.54) is 29.4 Å². The Kier molecular flexibility index (Phi) is 7.27. The molecular formula is C23H27ClN2O5S. The minimum Gasteiger partial charge on any atom is -0.449 e. The van der Waals surface area contributed by atoms with Crippen molar-refractivity contribution in [2.24, 2.45) is 0 Å². The third kappa shape index (κ3) is 5.14. The van der Waals surface area contributed by atoms with Crippen molar-refractivity contribution in [2.75, 3.05) is 18.4 Å². The number of nitrogens with zero attached hydrogens (tertiary/aromatic N) is 1. The van der Waals surface area contributed by atoms with Crippen LogP contribution in [0, 0.1) is 20.8 Å². The van der Waals surface area contributed by atoms with E-state index in [-0.39, 0.29) is 15.5 Å². The van der Waals surface area contributed by atoms with Crippen molar-refractivity contribution in [3.8, 4) is 0 Å². The molecule has 9 heteroatoms. The molecule has 32 heavy (non-hydrogen) atoms. The Balaban J connectivity index is 1.75. The highest BCUT2D eigenvalue weighted by molar-refractivity contribution is 7.89. The number of amides is 1. The van der Waals surface area contributed by atoms with E-state index in [1.807, 2.05) is 32.9 Å². The Morgan fingerprint density at radius 1 is 1.06 bits per heavy atom. The molecule has 1 fully saturated rings. The largest absolute Gasteiger partial charge is 0.449 e. The molecule has 1 N–H and O–H groups in total. The minimum absolute atomic E-state index is 0.00881. The molecule has 1 aliphatic rings. The third-order valence-corrected chi connectivity index (χ3v) is 7.81. The molecule has 1 saturated heterocycles. The highest BCUT2D eigenvalue weighted by atomic mass is 35.5. The summed E-state index contributed by atoms with van der Waals surface area (Å²) in [7, 11) is -3.81. The van der Waals surface area contributed by atoms with Gasteiger partial charge in [0.1, 0.15) is 4.90 Å². The van der Waals surface area contributed by atoms with Crippen molar-refractivity contribution in [1.82, 2.24) is 4.31 Å². The van der Waals surface area contributed by atoms with E-state index in [0.717, 1.165) is 29.5 Å². The molecule has 1 aliphatic heterocycles. The van der Waals surface area contributed by atoms with Crippen molar-refractivity contribution in [3.63, 3.8) is 0 Å². The van der Waals surface area contributed by atoms with Crippen molar-refractivity contribution in [1.29, 1.82) is 0 Å². The zero-order chi connectivity index (χ0) is 23.6. The molecule has 1 unspecified atom stereocenters. The highest BCUT2D eigenvalue weighted by Crippen LogP contribution is 2.28. The molecule has 0 radical (unpaired) electrons. The second kappa shape index (κ2) is 9.60. The van der Waals surface area contributed by atoms with Crippen LogP contribution in [0.1, 0.15) is 46.8 Å². The van der Waals surface area contributed by atoms with Gasteiger partial charge in [0.25, 0.3) is 5.91 Å². The van der Waals surface area contributed by atoms with Gasteiger partial charge in [-0.15, -0.1) is 0 Å². The fourth-order valence-electron chi connectivity index (χ4n) is 3.78. The monoisotopic (exact) mass is 478 g/mol. The van der Waals surface area contributed by atoms with Crippen LogP contribution in [-0.2, 0) is 19.6 Å². The maximum absolute atomic E-state index is 12.9. The molecule has 0 bridgehead atoms. The summed E-state index contributed by atoms with van der Waals surface area (Å²) in [6.07, 6.45) is 0.480. The molecule has 3 rings (SSSR count). The molecule has 172 valence electrons. The molecule has 1 atom stereocenters. The van der Waals surface area contributed by atoms with Gasteiger partial charge in [0, 0.05) is 18.8 Å². The Morgan fingerprint density at radius 3 is 2.25 bits per heavy atom. The van der Waals surface area contributed by atoms with Crippen LogP contribution >= 0.6 is 11.6 Å². The van der Waals surface area contributed by atoms with E-state index < -0.39 is 28.0 Å². The summed E-state index contributed by atoms with van der Waals surface area (Å²) < 4.78 is 32.4. The minimum atomic E-state index is -3.81. The summed E-state index contributed by atoms with van der Waals surface area (Å²) in [4.78, 5) is 25.1. The van der Waals surface area contributed by atoms with Gasteiger partial charge in [-0.3, -0.25) is 4.79 Å². The SMILES string of the molecule is Cc1cc(C)c(NC(=O)C(C)OC(=O)c2ccc(Cl)c(S(=O)(=O)N3CCCC3)c2)c(C)c1. The summed E-state index contributed by atoms with van der Waals surface area (Å²) in [5.41, 5.74) is 3.58. The molecule has 7 nitrogen and oxygen atoms in total. The molecule has 0 aromatic heterocycles. The van der Waals surface area contributed by atoms with Crippen LogP contribution in [-0.4, -0.2) is 43.8 Å². The van der Waals surface area contributed by atoms with Crippen LogP contribution in [0.3, 0.4) is 0 Å². The first-order chi connectivity index (χ1) is 15.0. The standard InChI is InChI=1S/C23H27ClN2O5S/c1-14-11-15(2)21(16(3)12-14)25-22(27)17(4)31-23(28)18-7-8-19(24)20(13-18)32(29,30)26-9-5-6-10-26/h7-8,11-13,17H,5-6,9-10H2,1-4H3,(H,25,27). The molecule has 2 aromatic carbocycles. The molecule has 1 amide bonds. The normalized spacial score (nSPS) is 15.4. The second-order valence-electron chi connectivity index (χ2n) is 8.07. The number of anilines is 1. The number of rotatable bonds is 6. The van der Waals surface area contributed by atoms with Crippen molar-refractivity contribution in [2.45, 2.75) is 51.5 Å². The number of aryl methyl sites for hydroxylation is 3. The molecule has 0 aliphatic carbocycles. The fraction of sp³-hybridized carbons (Fsp3) is 0.391. The summed E-state index contributed by atoms with van der Waals surface area (Å²) in [5.74, 6) is -1.29. The lowest BCUT2D eigenvalue weighted by atomic mass is 10.0. The predicted octanol–water partition coefficient (Wildman–Crippen LogP) is 4.23. The van der Waals surface area contributed by atoms with Crippen LogP contribution < -0.4 is 5.32 Å². The fourth-order valence-corrected chi connectivity index (χ4v) is 5.80. The van der Waals surface area contributed by atoms with Crippen LogP contribution in [0.5, 0.6) is 0 Å². The number of benzene rings is 2. The summed E-state index contributed by atoms with van der Waals surface area (Å²) in [6, 6.07) is 7.85. The van der Waals surface area contributed by atoms with Gasteiger partial charge in [-0.1, -0.05) is 29.3 Å². The Bertz CT molecular complexity index is 1130. The zero-order valence-electron chi connectivity index (χ0n) is 18.6. The number of nitrogens with one attached hydrogen (secondary N) is 1. The summed E-state index contributed by atoms with van der Waals surface area (Å²) in [5, 5.41) is 2.84. The second-order valence-corrected chi connectivity index (χ2v) is 10.4. The van der Waals surface area contributed by atoms with Gasteiger partial charge in [-0.25, -0.2) is 13.2 Å². The lowest BCUT2D eigenvalue weighted by molar-refractivity contribution is -0.123. The lowest BCUT2D eigenvalue weighted by Crippen LogP contribution is -2.31. The van der Waals surface area contributed by atoms with Crippen molar-refractivity contribution >= 4 is 39.2 Å². The average molecular weight is 479 g/mol.